The molecule has 6 heteroatoms. The zero-order chi connectivity index (χ0) is 18.6. The highest BCUT2D eigenvalue weighted by Gasteiger charge is 2.17. The van der Waals surface area contributed by atoms with Gasteiger partial charge in [-0.05, 0) is 65.5 Å². The minimum Gasteiger partial charge on any atom is -0.480 e. The van der Waals surface area contributed by atoms with Crippen molar-refractivity contribution >= 4 is 16.9 Å². The Morgan fingerprint density at radius 3 is 2.72 bits per heavy atom. The molecule has 1 heterocycles. The van der Waals surface area contributed by atoms with Gasteiger partial charge in [0.05, 0.1) is 0 Å². The molecule has 1 N–H and O–H groups in total. The van der Waals surface area contributed by atoms with Crippen molar-refractivity contribution in [1.82, 2.24) is 10.2 Å². The van der Waals surface area contributed by atoms with Crippen molar-refractivity contribution in [1.29, 1.82) is 0 Å². The average molecular weight is 346 g/mol. The molecule has 0 spiro atoms. The lowest BCUT2D eigenvalue weighted by molar-refractivity contribution is -0.127. The van der Waals surface area contributed by atoms with Gasteiger partial charge in [0.2, 0.25) is 0 Å². The number of nitrogens with one attached hydrogen (secondary N) is 1. The fourth-order valence-corrected chi connectivity index (χ4v) is 2.62. The number of hydrogen-bond donors (Lipinski definition) is 1. The van der Waals surface area contributed by atoms with E-state index in [-0.39, 0.29) is 5.91 Å². The van der Waals surface area contributed by atoms with Crippen LogP contribution in [0, 0.1) is 13.8 Å². The van der Waals surface area contributed by atoms with E-state index in [1.54, 1.807) is 13.0 Å². The lowest BCUT2D eigenvalue weighted by atomic mass is 10.1. The third-order valence-corrected chi connectivity index (χ3v) is 4.07. The second kappa shape index (κ2) is 8.16. The summed E-state index contributed by atoms with van der Waals surface area (Å²) in [5.74, 6) is 0.376. The van der Waals surface area contributed by atoms with Gasteiger partial charge in [0.15, 0.2) is 6.10 Å². The zero-order valence-electron chi connectivity index (χ0n) is 15.5. The van der Waals surface area contributed by atoms with Crippen LogP contribution in [-0.2, 0) is 4.79 Å². The molecule has 136 valence electrons. The van der Waals surface area contributed by atoms with Crippen molar-refractivity contribution in [2.75, 3.05) is 27.2 Å². The number of carbonyl (C=O) groups excluding carboxylic acids is 1. The number of hydrogen-bond acceptors (Lipinski definition) is 5. The van der Waals surface area contributed by atoms with Crippen molar-refractivity contribution in [3.8, 4) is 5.75 Å². The van der Waals surface area contributed by atoms with E-state index in [9.17, 15) is 9.59 Å². The molecule has 1 aromatic heterocycles. The lowest BCUT2D eigenvalue weighted by Gasteiger charge is -2.17. The van der Waals surface area contributed by atoms with E-state index in [4.69, 9.17) is 9.15 Å². The smallest absolute Gasteiger partial charge is 0.336 e. The molecule has 25 heavy (non-hydrogen) atoms. The molecular formula is C19H26N2O4. The van der Waals surface area contributed by atoms with Crippen LogP contribution in [0.4, 0.5) is 0 Å². The number of fused-ring (bicyclic) bond motifs is 1. The van der Waals surface area contributed by atoms with Crippen LogP contribution in [0.2, 0.25) is 0 Å². The highest BCUT2D eigenvalue weighted by molar-refractivity contribution is 5.85. The second-order valence-corrected chi connectivity index (χ2v) is 6.52. The van der Waals surface area contributed by atoms with Crippen LogP contribution in [0.15, 0.2) is 27.4 Å². The van der Waals surface area contributed by atoms with Gasteiger partial charge in [-0.3, -0.25) is 4.79 Å². The monoisotopic (exact) mass is 346 g/mol. The van der Waals surface area contributed by atoms with Gasteiger partial charge >= 0.3 is 5.63 Å². The molecule has 0 fully saturated rings. The predicted molar refractivity (Wildman–Crippen MR) is 98.2 cm³/mol. The normalized spacial score (nSPS) is 12.4. The molecule has 6 nitrogen and oxygen atoms in total. The first kappa shape index (κ1) is 19.0. The van der Waals surface area contributed by atoms with Gasteiger partial charge in [-0.25, -0.2) is 4.79 Å². The number of nitrogens with zero attached hydrogens (tertiary/aromatic N) is 1. The van der Waals surface area contributed by atoms with Crippen molar-refractivity contribution in [3.63, 3.8) is 0 Å². The Labute approximate surface area is 147 Å². The molecule has 1 aromatic carbocycles. The van der Waals surface area contributed by atoms with E-state index in [0.717, 1.165) is 23.9 Å². The Morgan fingerprint density at radius 2 is 2.04 bits per heavy atom. The highest BCUT2D eigenvalue weighted by atomic mass is 16.5. The summed E-state index contributed by atoms with van der Waals surface area (Å²) >= 11 is 0. The van der Waals surface area contributed by atoms with E-state index >= 15 is 0 Å². The first-order valence-electron chi connectivity index (χ1n) is 8.42. The minimum atomic E-state index is -0.632. The van der Waals surface area contributed by atoms with Gasteiger partial charge in [-0.1, -0.05) is 0 Å². The molecule has 0 aliphatic carbocycles. The SMILES string of the molecule is Cc1cc(=O)oc2c(C)c(OC(C)C(=O)NCCCN(C)C)ccc12. The molecule has 0 saturated heterocycles. The van der Waals surface area contributed by atoms with Crippen molar-refractivity contribution in [2.45, 2.75) is 33.3 Å². The summed E-state index contributed by atoms with van der Waals surface area (Å²) in [6.45, 7) is 6.91. The Kier molecular flexibility index (Phi) is 6.20. The van der Waals surface area contributed by atoms with Gasteiger partial charge in [0.25, 0.3) is 5.91 Å². The summed E-state index contributed by atoms with van der Waals surface area (Å²) in [7, 11) is 3.99. The van der Waals surface area contributed by atoms with E-state index in [1.165, 1.54) is 6.07 Å². The molecule has 1 atom stereocenters. The van der Waals surface area contributed by atoms with Crippen molar-refractivity contribution in [2.24, 2.45) is 0 Å². The van der Waals surface area contributed by atoms with Crippen LogP contribution in [0.1, 0.15) is 24.5 Å². The number of aryl methyl sites for hydroxylation is 2. The maximum Gasteiger partial charge on any atom is 0.336 e. The largest absolute Gasteiger partial charge is 0.480 e. The average Bonchev–Trinajstić information content (AvgIpc) is 2.54. The topological polar surface area (TPSA) is 71.8 Å². The number of amides is 1. The van der Waals surface area contributed by atoms with Crippen molar-refractivity contribution < 1.29 is 13.9 Å². The summed E-state index contributed by atoms with van der Waals surface area (Å²) in [5, 5.41) is 3.73. The second-order valence-electron chi connectivity index (χ2n) is 6.52. The Bertz CT molecular complexity index is 811. The number of carbonyl (C=O) groups is 1. The summed E-state index contributed by atoms with van der Waals surface area (Å²) in [4.78, 5) is 25.8. The molecular weight excluding hydrogens is 320 g/mol. The predicted octanol–water partition coefficient (Wildman–Crippen LogP) is 2.25. The molecule has 0 aliphatic rings. The standard InChI is InChI=1S/C19H26N2O4/c1-12-11-17(22)25-18-13(2)16(8-7-15(12)18)24-14(3)19(23)20-9-6-10-21(4)5/h7-8,11,14H,6,9-10H2,1-5H3,(H,20,23). The molecule has 2 aromatic rings. The number of ether oxygens (including phenoxy) is 1. The fourth-order valence-electron chi connectivity index (χ4n) is 2.62. The zero-order valence-corrected chi connectivity index (χ0v) is 15.5. The number of benzene rings is 1. The van der Waals surface area contributed by atoms with Gasteiger partial charge in [0, 0.05) is 23.6 Å². The quantitative estimate of drug-likeness (QED) is 0.615. The Balaban J connectivity index is 2.08. The first-order valence-corrected chi connectivity index (χ1v) is 8.42. The van der Waals surface area contributed by atoms with Gasteiger partial charge in [-0.15, -0.1) is 0 Å². The summed E-state index contributed by atoms with van der Waals surface area (Å²) in [6, 6.07) is 5.12. The molecule has 0 radical (unpaired) electrons. The maximum absolute atomic E-state index is 12.2. The fraction of sp³-hybridized carbons (Fsp3) is 0.474. The molecule has 1 unspecified atom stereocenters. The lowest BCUT2D eigenvalue weighted by Crippen LogP contribution is -2.37. The Hall–Kier alpha value is -2.34. The Morgan fingerprint density at radius 1 is 1.32 bits per heavy atom. The van der Waals surface area contributed by atoms with E-state index in [2.05, 4.69) is 10.2 Å². The van der Waals surface area contributed by atoms with Crippen LogP contribution in [-0.4, -0.2) is 44.1 Å². The van der Waals surface area contributed by atoms with Crippen LogP contribution >= 0.6 is 0 Å². The van der Waals surface area contributed by atoms with E-state index < -0.39 is 11.7 Å². The summed E-state index contributed by atoms with van der Waals surface area (Å²) in [6.07, 6.45) is 0.247. The molecule has 1 amide bonds. The van der Waals surface area contributed by atoms with E-state index in [1.807, 2.05) is 34.0 Å². The van der Waals surface area contributed by atoms with Crippen LogP contribution in [0.3, 0.4) is 0 Å². The molecule has 2 rings (SSSR count). The van der Waals surface area contributed by atoms with Crippen molar-refractivity contribution in [3.05, 3.63) is 39.7 Å². The summed E-state index contributed by atoms with van der Waals surface area (Å²) in [5.41, 5.74) is 1.68. The molecule has 0 aliphatic heterocycles. The van der Waals surface area contributed by atoms with Crippen LogP contribution in [0.25, 0.3) is 11.0 Å². The summed E-state index contributed by atoms with van der Waals surface area (Å²) < 4.78 is 11.1. The molecule has 0 saturated carbocycles. The van der Waals surface area contributed by atoms with Crippen LogP contribution < -0.4 is 15.7 Å². The first-order chi connectivity index (χ1) is 11.8. The highest BCUT2D eigenvalue weighted by Crippen LogP contribution is 2.28. The third kappa shape index (κ3) is 4.82. The maximum atomic E-state index is 12.2. The van der Waals surface area contributed by atoms with E-state index in [0.29, 0.717) is 23.4 Å². The number of rotatable bonds is 7. The van der Waals surface area contributed by atoms with Crippen LogP contribution in [0.5, 0.6) is 5.75 Å². The third-order valence-electron chi connectivity index (χ3n) is 4.07. The van der Waals surface area contributed by atoms with Gasteiger partial charge < -0.3 is 19.4 Å². The van der Waals surface area contributed by atoms with Gasteiger partial charge in [0.1, 0.15) is 11.3 Å². The minimum absolute atomic E-state index is 0.163. The van der Waals surface area contributed by atoms with Gasteiger partial charge in [-0.2, -0.15) is 0 Å². The molecule has 0 bridgehead atoms.